The number of nitriles is 1. The van der Waals surface area contributed by atoms with Crippen LogP contribution in [0.1, 0.15) is 45.4 Å². The summed E-state index contributed by atoms with van der Waals surface area (Å²) in [5, 5.41) is 18.4. The van der Waals surface area contributed by atoms with Crippen LogP contribution in [0.4, 0.5) is 14.5 Å². The van der Waals surface area contributed by atoms with Gasteiger partial charge in [0, 0.05) is 35.6 Å². The van der Waals surface area contributed by atoms with Gasteiger partial charge in [-0.1, -0.05) is 17.7 Å². The molecule has 3 aliphatic heterocycles. The highest BCUT2D eigenvalue weighted by Crippen LogP contribution is 2.49. The van der Waals surface area contributed by atoms with Gasteiger partial charge in [0.15, 0.2) is 0 Å². The molecule has 194 valence electrons. The molecule has 2 bridgehead atoms. The zero-order chi connectivity index (χ0) is 26.0. The molecule has 36 heavy (non-hydrogen) atoms. The van der Waals surface area contributed by atoms with Gasteiger partial charge < -0.3 is 20.9 Å². The molecule has 8 nitrogen and oxygen atoms in total. The van der Waals surface area contributed by atoms with Crippen LogP contribution in [0.3, 0.4) is 0 Å². The number of anilines is 1. The second kappa shape index (κ2) is 10.6. The zero-order valence-electron chi connectivity index (χ0n) is 20.0. The molecule has 4 fully saturated rings. The topological polar surface area (TPSA) is 114 Å². The predicted octanol–water partition coefficient (Wildman–Crippen LogP) is 3.08. The first-order valence-corrected chi connectivity index (χ1v) is 12.7. The molecular weight excluding hydrogens is 492 g/mol. The number of fused-ring (bicyclic) bond motifs is 3. The highest BCUT2D eigenvalue weighted by atomic mass is 35.5. The number of alkyl halides is 2. The van der Waals surface area contributed by atoms with Gasteiger partial charge in [0.25, 0.3) is 5.92 Å². The average molecular weight is 522 g/mol. The third-order valence-electron chi connectivity index (χ3n) is 7.43. The number of rotatable bonds is 7. The number of halogens is 3. The molecule has 3 N–H and O–H groups in total. The van der Waals surface area contributed by atoms with Gasteiger partial charge in [-0.25, -0.2) is 8.78 Å². The monoisotopic (exact) mass is 521 g/mol. The smallest absolute Gasteiger partial charge is 0.255 e. The van der Waals surface area contributed by atoms with Crippen LogP contribution in [0.25, 0.3) is 0 Å². The van der Waals surface area contributed by atoms with Crippen LogP contribution < -0.4 is 16.0 Å². The van der Waals surface area contributed by atoms with Crippen molar-refractivity contribution in [2.24, 2.45) is 11.8 Å². The van der Waals surface area contributed by atoms with Gasteiger partial charge in [-0.15, -0.1) is 0 Å². The number of benzene rings is 1. The van der Waals surface area contributed by atoms with Crippen LogP contribution in [-0.2, 0) is 14.4 Å². The summed E-state index contributed by atoms with van der Waals surface area (Å²) in [6, 6.07) is 4.74. The van der Waals surface area contributed by atoms with Crippen LogP contribution >= 0.6 is 11.6 Å². The van der Waals surface area contributed by atoms with Gasteiger partial charge in [0.1, 0.15) is 18.1 Å². The fraction of sp³-hybridized carbons (Fsp3) is 0.600. The minimum Gasteiger partial charge on any atom is -0.374 e. The van der Waals surface area contributed by atoms with E-state index < -0.39 is 60.2 Å². The molecule has 11 heteroatoms. The number of nitrogens with zero attached hydrogens (tertiary/aromatic N) is 2. The lowest BCUT2D eigenvalue weighted by Gasteiger charge is -2.54. The third kappa shape index (κ3) is 5.41. The molecule has 1 saturated carbocycles. The van der Waals surface area contributed by atoms with Gasteiger partial charge in [0.05, 0.1) is 12.0 Å². The summed E-state index contributed by atoms with van der Waals surface area (Å²) in [7, 11) is 0. The number of hydrogen-bond acceptors (Lipinski definition) is 5. The van der Waals surface area contributed by atoms with Crippen molar-refractivity contribution >= 4 is 35.0 Å². The Balaban J connectivity index is 1.52. The Bertz CT molecular complexity index is 1060. The molecule has 1 aromatic carbocycles. The van der Waals surface area contributed by atoms with E-state index in [9.17, 15) is 28.4 Å². The van der Waals surface area contributed by atoms with Crippen molar-refractivity contribution in [1.29, 1.82) is 5.26 Å². The quantitative estimate of drug-likeness (QED) is 0.510. The van der Waals surface area contributed by atoms with Gasteiger partial charge in [-0.3, -0.25) is 14.4 Å². The zero-order valence-corrected chi connectivity index (χ0v) is 20.7. The Morgan fingerprint density at radius 3 is 2.78 bits per heavy atom. The van der Waals surface area contributed by atoms with E-state index in [2.05, 4.69) is 16.0 Å². The largest absolute Gasteiger partial charge is 0.374 e. The Morgan fingerprint density at radius 2 is 2.11 bits per heavy atom. The summed E-state index contributed by atoms with van der Waals surface area (Å²) in [5.41, 5.74) is 0.590. The first-order valence-electron chi connectivity index (χ1n) is 12.3. The van der Waals surface area contributed by atoms with Crippen molar-refractivity contribution in [2.45, 2.75) is 75.5 Å². The van der Waals surface area contributed by atoms with E-state index in [4.69, 9.17) is 11.6 Å². The summed E-state index contributed by atoms with van der Waals surface area (Å²) in [5.74, 6) is -6.32. The molecule has 3 heterocycles. The predicted molar refractivity (Wildman–Crippen MR) is 129 cm³/mol. The van der Waals surface area contributed by atoms with Crippen molar-refractivity contribution in [3.63, 3.8) is 0 Å². The minimum absolute atomic E-state index is 0.0892. The van der Waals surface area contributed by atoms with Crippen molar-refractivity contribution in [2.75, 3.05) is 11.9 Å². The number of piperidine rings is 3. The second-order valence-corrected chi connectivity index (χ2v) is 10.4. The standard InChI is InChI=1S/C25H30ClF2N5O3/c1-14(31-17-6-2-5-16(26)11-17)24(36)33-19-7-8-20(25(27,28)12-19)21(33)23(35)32-18(13-29)10-15-4-3-9-30-22(15)34/h2,5-6,11,14-15,18-21,31H,3-4,7-10,12H2,1H3,(H,30,34)(H,32,35)/t14-,15+,18+,19-,20-,21+/m1/s1. The number of amides is 3. The fourth-order valence-electron chi connectivity index (χ4n) is 5.68. The number of carbonyl (C=O) groups excluding carboxylic acids is 3. The first kappa shape index (κ1) is 26.1. The normalized spacial score (nSPS) is 28.4. The van der Waals surface area contributed by atoms with Crippen molar-refractivity contribution in [1.82, 2.24) is 15.5 Å². The van der Waals surface area contributed by atoms with E-state index in [1.807, 2.05) is 6.07 Å². The Kier molecular flexibility index (Phi) is 7.69. The molecule has 0 unspecified atom stereocenters. The van der Waals surface area contributed by atoms with E-state index in [-0.39, 0.29) is 18.7 Å². The maximum atomic E-state index is 14.9. The molecule has 0 spiro atoms. The maximum absolute atomic E-state index is 14.9. The molecule has 6 atom stereocenters. The van der Waals surface area contributed by atoms with Crippen molar-refractivity contribution in [3.05, 3.63) is 29.3 Å². The maximum Gasteiger partial charge on any atom is 0.255 e. The van der Waals surface area contributed by atoms with Gasteiger partial charge in [-0.2, -0.15) is 5.26 Å². The van der Waals surface area contributed by atoms with Crippen LogP contribution in [-0.4, -0.2) is 59.3 Å². The summed E-state index contributed by atoms with van der Waals surface area (Å²) >= 11 is 6.02. The van der Waals surface area contributed by atoms with Crippen molar-refractivity contribution in [3.8, 4) is 6.07 Å². The molecule has 3 saturated heterocycles. The van der Waals surface area contributed by atoms with Gasteiger partial charge in [0.2, 0.25) is 17.7 Å². The fourth-order valence-corrected chi connectivity index (χ4v) is 5.87. The van der Waals surface area contributed by atoms with Crippen LogP contribution in [0.2, 0.25) is 5.02 Å². The molecule has 4 aliphatic rings. The van der Waals surface area contributed by atoms with Gasteiger partial charge in [-0.05, 0) is 57.2 Å². The molecule has 5 rings (SSSR count). The minimum atomic E-state index is -3.10. The van der Waals surface area contributed by atoms with Gasteiger partial charge >= 0.3 is 0 Å². The van der Waals surface area contributed by atoms with Crippen LogP contribution in [0, 0.1) is 23.2 Å². The van der Waals surface area contributed by atoms with Crippen molar-refractivity contribution < 1.29 is 23.2 Å². The second-order valence-electron chi connectivity index (χ2n) is 9.93. The van der Waals surface area contributed by atoms with Crippen LogP contribution in [0.5, 0.6) is 0 Å². The lowest BCUT2D eigenvalue weighted by molar-refractivity contribution is -0.194. The van der Waals surface area contributed by atoms with E-state index in [0.717, 1.165) is 6.42 Å². The lowest BCUT2D eigenvalue weighted by Crippen LogP contribution is -2.70. The van der Waals surface area contributed by atoms with E-state index >= 15 is 0 Å². The number of nitrogens with one attached hydrogen (secondary N) is 3. The molecule has 0 aromatic heterocycles. The van der Waals surface area contributed by atoms with Crippen LogP contribution in [0.15, 0.2) is 24.3 Å². The SMILES string of the molecule is C[C@@H](Nc1cccc(Cl)c1)C(=O)N1[C@@H]2CC[C@H]([C@H]1C(=O)N[C@H](C#N)C[C@@H]1CCCNC1=O)C(F)(F)C2. The molecular formula is C25H30ClF2N5O3. The molecule has 0 radical (unpaired) electrons. The Labute approximate surface area is 213 Å². The molecule has 3 amide bonds. The third-order valence-corrected chi connectivity index (χ3v) is 7.66. The van der Waals surface area contributed by atoms with E-state index in [1.165, 1.54) is 4.90 Å². The highest BCUT2D eigenvalue weighted by Gasteiger charge is 2.60. The highest BCUT2D eigenvalue weighted by molar-refractivity contribution is 6.30. The average Bonchev–Trinajstić information content (AvgIpc) is 2.83. The number of carbonyl (C=O) groups is 3. The number of hydrogen-bond donors (Lipinski definition) is 3. The first-order chi connectivity index (χ1) is 17.1. The summed E-state index contributed by atoms with van der Waals surface area (Å²) in [6.45, 7) is 2.18. The summed E-state index contributed by atoms with van der Waals surface area (Å²) in [4.78, 5) is 40.3. The van der Waals surface area contributed by atoms with E-state index in [0.29, 0.717) is 30.1 Å². The lowest BCUT2D eigenvalue weighted by atomic mass is 9.71. The van der Waals surface area contributed by atoms with E-state index in [1.54, 1.807) is 31.2 Å². The Hall–Kier alpha value is -2.93. The summed E-state index contributed by atoms with van der Waals surface area (Å²) in [6.07, 6.45) is 1.43. The Morgan fingerprint density at radius 1 is 1.33 bits per heavy atom. The molecule has 1 aliphatic carbocycles. The molecule has 1 aromatic rings. The summed E-state index contributed by atoms with van der Waals surface area (Å²) < 4.78 is 29.8.